The summed E-state index contributed by atoms with van der Waals surface area (Å²) in [5.41, 5.74) is 3.25. The van der Waals surface area contributed by atoms with Crippen molar-refractivity contribution in [3.63, 3.8) is 0 Å². The molecule has 0 spiro atoms. The van der Waals surface area contributed by atoms with Gasteiger partial charge in [0.15, 0.2) is 5.78 Å². The van der Waals surface area contributed by atoms with E-state index in [0.29, 0.717) is 11.3 Å². The molecule has 1 amide bonds. The lowest BCUT2D eigenvalue weighted by molar-refractivity contribution is -0.114. The maximum atomic E-state index is 12.7. The van der Waals surface area contributed by atoms with Crippen LogP contribution in [0.15, 0.2) is 42.5 Å². The maximum absolute atomic E-state index is 12.7. The van der Waals surface area contributed by atoms with E-state index in [1.807, 2.05) is 39.0 Å². The second-order valence-corrected chi connectivity index (χ2v) is 9.02. The fourth-order valence-corrected chi connectivity index (χ4v) is 3.78. The number of para-hydroxylation sites is 1. The molecule has 0 radical (unpaired) electrons. The van der Waals surface area contributed by atoms with Crippen LogP contribution in [0.1, 0.15) is 48.2 Å². The summed E-state index contributed by atoms with van der Waals surface area (Å²) in [6.07, 6.45) is 1.04. The number of benzene rings is 2. The molecule has 6 nitrogen and oxygen atoms in total. The molecule has 0 aromatic heterocycles. The number of anilines is 2. The van der Waals surface area contributed by atoms with Crippen molar-refractivity contribution in [3.05, 3.63) is 59.2 Å². The quantitative estimate of drug-likeness (QED) is 0.716. The summed E-state index contributed by atoms with van der Waals surface area (Å²) in [7, 11) is -3.72. The van der Waals surface area contributed by atoms with Gasteiger partial charge in [0.25, 0.3) is 0 Å². The number of carbonyl (C=O) groups excluding carboxylic acids is 2. The summed E-state index contributed by atoms with van der Waals surface area (Å²) in [5.74, 6) is -0.426. The second kappa shape index (κ2) is 8.56. The standard InChI is InChI=1S/C21H26N2O4S/c1-14(2)19-11-6-8-15(3)21(19)22-20(25)13-23(28(5,26)27)18-10-7-9-17(12-18)16(4)24/h6-12,14H,13H2,1-5H3,(H,22,25). The van der Waals surface area contributed by atoms with Crippen LogP contribution in [0, 0.1) is 6.92 Å². The number of hydrogen-bond acceptors (Lipinski definition) is 4. The number of amides is 1. The zero-order chi connectivity index (χ0) is 21.1. The lowest BCUT2D eigenvalue weighted by Gasteiger charge is -2.23. The maximum Gasteiger partial charge on any atom is 0.245 e. The fourth-order valence-electron chi connectivity index (χ4n) is 2.93. The molecule has 2 aromatic carbocycles. The largest absolute Gasteiger partial charge is 0.324 e. The van der Waals surface area contributed by atoms with E-state index >= 15 is 0 Å². The number of carbonyl (C=O) groups is 2. The molecule has 0 aliphatic heterocycles. The summed E-state index contributed by atoms with van der Waals surface area (Å²) in [5, 5.41) is 2.86. The van der Waals surface area contributed by atoms with E-state index in [9.17, 15) is 18.0 Å². The van der Waals surface area contributed by atoms with Crippen molar-refractivity contribution in [2.75, 3.05) is 22.4 Å². The van der Waals surface area contributed by atoms with Gasteiger partial charge in [-0.05, 0) is 43.0 Å². The first-order valence-electron chi connectivity index (χ1n) is 8.98. The van der Waals surface area contributed by atoms with Gasteiger partial charge in [0.2, 0.25) is 15.9 Å². The van der Waals surface area contributed by atoms with E-state index < -0.39 is 15.9 Å². The molecule has 2 rings (SSSR count). The molecule has 0 atom stereocenters. The van der Waals surface area contributed by atoms with Gasteiger partial charge in [-0.3, -0.25) is 13.9 Å². The van der Waals surface area contributed by atoms with Crippen molar-refractivity contribution >= 4 is 33.1 Å². The smallest absolute Gasteiger partial charge is 0.245 e. The van der Waals surface area contributed by atoms with Crippen molar-refractivity contribution in [1.29, 1.82) is 0 Å². The Balaban J connectivity index is 2.34. The van der Waals surface area contributed by atoms with Crippen LogP contribution in [-0.2, 0) is 14.8 Å². The van der Waals surface area contributed by atoms with E-state index in [4.69, 9.17) is 0 Å². The van der Waals surface area contributed by atoms with Crippen LogP contribution in [0.5, 0.6) is 0 Å². The van der Waals surface area contributed by atoms with Gasteiger partial charge in [-0.15, -0.1) is 0 Å². The summed E-state index contributed by atoms with van der Waals surface area (Å²) in [4.78, 5) is 24.3. The molecule has 0 saturated heterocycles. The van der Waals surface area contributed by atoms with Crippen LogP contribution in [-0.4, -0.2) is 32.9 Å². The van der Waals surface area contributed by atoms with E-state index in [1.165, 1.54) is 13.0 Å². The van der Waals surface area contributed by atoms with E-state index in [1.54, 1.807) is 18.2 Å². The number of rotatable bonds is 7. The molecule has 0 heterocycles. The van der Waals surface area contributed by atoms with Crippen LogP contribution >= 0.6 is 0 Å². The van der Waals surface area contributed by atoms with Crippen molar-refractivity contribution in [1.82, 2.24) is 0 Å². The monoisotopic (exact) mass is 402 g/mol. The van der Waals surface area contributed by atoms with Crippen molar-refractivity contribution < 1.29 is 18.0 Å². The molecule has 0 aliphatic carbocycles. The molecule has 150 valence electrons. The van der Waals surface area contributed by atoms with Crippen LogP contribution in [0.3, 0.4) is 0 Å². The second-order valence-electron chi connectivity index (χ2n) is 7.12. The molecule has 0 bridgehead atoms. The predicted molar refractivity (Wildman–Crippen MR) is 113 cm³/mol. The van der Waals surface area contributed by atoms with E-state index in [-0.39, 0.29) is 23.9 Å². The molecule has 1 N–H and O–H groups in total. The summed E-state index contributed by atoms with van der Waals surface area (Å²) >= 11 is 0. The third-order valence-corrected chi connectivity index (χ3v) is 5.56. The normalized spacial score (nSPS) is 11.4. The molecule has 0 saturated carbocycles. The third-order valence-electron chi connectivity index (χ3n) is 4.42. The molecule has 28 heavy (non-hydrogen) atoms. The lowest BCUT2D eigenvalue weighted by atomic mass is 9.98. The average molecular weight is 403 g/mol. The minimum atomic E-state index is -3.72. The predicted octanol–water partition coefficient (Wildman–Crippen LogP) is 3.73. The Labute approximate surface area is 166 Å². The van der Waals surface area contributed by atoms with Crippen molar-refractivity contribution in [3.8, 4) is 0 Å². The van der Waals surface area contributed by atoms with Crippen LogP contribution < -0.4 is 9.62 Å². The van der Waals surface area contributed by atoms with Gasteiger partial charge < -0.3 is 5.32 Å². The topological polar surface area (TPSA) is 83.6 Å². The molecule has 0 unspecified atom stereocenters. The van der Waals surface area contributed by atoms with Gasteiger partial charge in [-0.25, -0.2) is 8.42 Å². The molecular weight excluding hydrogens is 376 g/mol. The zero-order valence-electron chi connectivity index (χ0n) is 16.8. The number of Topliss-reactive ketones (excluding diaryl/α,β-unsaturated/α-hetero) is 1. The number of nitrogens with one attached hydrogen (secondary N) is 1. The van der Waals surface area contributed by atoms with Gasteiger partial charge in [0, 0.05) is 11.3 Å². The molecule has 0 fully saturated rings. The van der Waals surface area contributed by atoms with Crippen LogP contribution in [0.2, 0.25) is 0 Å². The highest BCUT2D eigenvalue weighted by molar-refractivity contribution is 7.92. The fraction of sp³-hybridized carbons (Fsp3) is 0.333. The Bertz CT molecular complexity index is 997. The van der Waals surface area contributed by atoms with E-state index in [2.05, 4.69) is 5.32 Å². The van der Waals surface area contributed by atoms with Gasteiger partial charge in [0.05, 0.1) is 11.9 Å². The minimum Gasteiger partial charge on any atom is -0.324 e. The first-order chi connectivity index (χ1) is 13.0. The highest BCUT2D eigenvalue weighted by atomic mass is 32.2. The van der Waals surface area contributed by atoms with Gasteiger partial charge in [0.1, 0.15) is 6.54 Å². The molecule has 7 heteroatoms. The molecule has 0 aliphatic rings. The Hall–Kier alpha value is -2.67. The minimum absolute atomic E-state index is 0.179. The highest BCUT2D eigenvalue weighted by Crippen LogP contribution is 2.27. The number of ketones is 1. The Morgan fingerprint density at radius 1 is 1.11 bits per heavy atom. The summed E-state index contributed by atoms with van der Waals surface area (Å²) in [6.45, 7) is 6.97. The first-order valence-corrected chi connectivity index (χ1v) is 10.8. The number of nitrogens with zero attached hydrogens (tertiary/aromatic N) is 1. The van der Waals surface area contributed by atoms with Crippen molar-refractivity contribution in [2.24, 2.45) is 0 Å². The lowest BCUT2D eigenvalue weighted by Crippen LogP contribution is -2.37. The summed E-state index contributed by atoms with van der Waals surface area (Å²) in [6, 6.07) is 12.0. The molecular formula is C21H26N2O4S. The number of hydrogen-bond donors (Lipinski definition) is 1. The third kappa shape index (κ3) is 5.19. The molecule has 2 aromatic rings. The van der Waals surface area contributed by atoms with Crippen LogP contribution in [0.25, 0.3) is 0 Å². The van der Waals surface area contributed by atoms with Crippen molar-refractivity contribution in [2.45, 2.75) is 33.6 Å². The summed E-state index contributed by atoms with van der Waals surface area (Å²) < 4.78 is 25.6. The average Bonchev–Trinajstić information content (AvgIpc) is 2.60. The van der Waals surface area contributed by atoms with Crippen LogP contribution in [0.4, 0.5) is 11.4 Å². The number of sulfonamides is 1. The SMILES string of the molecule is CC(=O)c1cccc(N(CC(=O)Nc2c(C)cccc2C(C)C)S(C)(=O)=O)c1. The first kappa shape index (κ1) is 21.6. The Morgan fingerprint density at radius 3 is 2.32 bits per heavy atom. The van der Waals surface area contributed by atoms with E-state index in [0.717, 1.165) is 21.7 Å². The Kier molecular flexibility index (Phi) is 6.61. The van der Waals surface area contributed by atoms with Gasteiger partial charge in [-0.2, -0.15) is 0 Å². The Morgan fingerprint density at radius 2 is 1.75 bits per heavy atom. The zero-order valence-corrected chi connectivity index (χ0v) is 17.6. The van der Waals surface area contributed by atoms with Gasteiger partial charge >= 0.3 is 0 Å². The highest BCUT2D eigenvalue weighted by Gasteiger charge is 2.22. The number of aryl methyl sites for hydroxylation is 1. The van der Waals surface area contributed by atoms with Gasteiger partial charge in [-0.1, -0.05) is 44.2 Å².